The first-order valence-electron chi connectivity index (χ1n) is 7.02. The Hall–Kier alpha value is -0.650. The molecule has 1 aliphatic rings. The normalized spacial score (nSPS) is 19.7. The van der Waals surface area contributed by atoms with Crippen LogP contribution in [0, 0.1) is 5.41 Å². The Morgan fingerprint density at radius 2 is 2.16 bits per heavy atom. The number of hydrogen-bond donors (Lipinski definition) is 2. The van der Waals surface area contributed by atoms with Crippen molar-refractivity contribution in [3.63, 3.8) is 0 Å². The predicted octanol–water partition coefficient (Wildman–Crippen LogP) is 2.11. The molecule has 2 rings (SSSR count). The summed E-state index contributed by atoms with van der Waals surface area (Å²) in [5, 5.41) is 16.7. The molecule has 5 heteroatoms. The number of aromatic nitrogens is 1. The van der Waals surface area contributed by atoms with Crippen molar-refractivity contribution in [3.05, 3.63) is 11.6 Å². The van der Waals surface area contributed by atoms with Crippen LogP contribution >= 0.6 is 11.3 Å². The molecule has 0 saturated carbocycles. The maximum Gasteiger partial charge on any atom is 0.185 e. The van der Waals surface area contributed by atoms with E-state index < -0.39 is 0 Å². The molecule has 1 aliphatic heterocycles. The van der Waals surface area contributed by atoms with Gasteiger partial charge in [0.2, 0.25) is 0 Å². The van der Waals surface area contributed by atoms with Gasteiger partial charge in [-0.3, -0.25) is 0 Å². The van der Waals surface area contributed by atoms with Crippen LogP contribution in [0.5, 0.6) is 0 Å². The molecule has 1 fully saturated rings. The van der Waals surface area contributed by atoms with Crippen molar-refractivity contribution < 1.29 is 5.11 Å². The Morgan fingerprint density at radius 3 is 2.68 bits per heavy atom. The summed E-state index contributed by atoms with van der Waals surface area (Å²) in [6, 6.07) is 0.521. The monoisotopic (exact) mass is 283 g/mol. The molecule has 4 nitrogen and oxygen atoms in total. The number of aliphatic hydroxyl groups is 1. The first kappa shape index (κ1) is 14.8. The molecule has 0 amide bonds. The SMILES string of the molecule is CC(C)(C)[C@@H](O)CNC1CCN(c2nccs2)CC1. The fourth-order valence-corrected chi connectivity index (χ4v) is 2.93. The molecular formula is C14H25N3OS. The van der Waals surface area contributed by atoms with Gasteiger partial charge in [0, 0.05) is 37.3 Å². The van der Waals surface area contributed by atoms with Crippen LogP contribution in [-0.2, 0) is 0 Å². The van der Waals surface area contributed by atoms with E-state index in [0.29, 0.717) is 12.6 Å². The van der Waals surface area contributed by atoms with E-state index in [1.54, 1.807) is 11.3 Å². The average molecular weight is 283 g/mol. The molecule has 1 saturated heterocycles. The van der Waals surface area contributed by atoms with Gasteiger partial charge in [-0.25, -0.2) is 4.98 Å². The standard InChI is InChI=1S/C14H25N3OS/c1-14(2,3)12(18)10-16-11-4-7-17(8-5-11)13-15-6-9-19-13/h6,9,11-12,16,18H,4-5,7-8,10H2,1-3H3/t12-/m0/s1. The maximum atomic E-state index is 10.0. The Kier molecular flexibility index (Phi) is 4.81. The topological polar surface area (TPSA) is 48.4 Å². The van der Waals surface area contributed by atoms with Gasteiger partial charge in [0.1, 0.15) is 0 Å². The largest absolute Gasteiger partial charge is 0.391 e. The summed E-state index contributed by atoms with van der Waals surface area (Å²) in [5.41, 5.74) is -0.0470. The summed E-state index contributed by atoms with van der Waals surface area (Å²) < 4.78 is 0. The highest BCUT2D eigenvalue weighted by molar-refractivity contribution is 7.13. The Labute approximate surface area is 119 Å². The summed E-state index contributed by atoms with van der Waals surface area (Å²) >= 11 is 1.71. The van der Waals surface area contributed by atoms with Crippen LogP contribution in [0.1, 0.15) is 33.6 Å². The molecule has 0 aromatic carbocycles. The molecule has 1 atom stereocenters. The average Bonchev–Trinajstić information content (AvgIpc) is 2.89. The van der Waals surface area contributed by atoms with Crippen molar-refractivity contribution in [1.82, 2.24) is 10.3 Å². The van der Waals surface area contributed by atoms with E-state index in [9.17, 15) is 5.11 Å². The molecule has 0 radical (unpaired) electrons. The van der Waals surface area contributed by atoms with Crippen LogP contribution in [0.3, 0.4) is 0 Å². The summed E-state index contributed by atoms with van der Waals surface area (Å²) in [6.45, 7) is 9.01. The fourth-order valence-electron chi connectivity index (χ4n) is 2.23. The predicted molar refractivity (Wildman–Crippen MR) is 80.8 cm³/mol. The first-order valence-corrected chi connectivity index (χ1v) is 7.90. The third kappa shape index (κ3) is 4.16. The molecule has 0 spiro atoms. The number of thiazole rings is 1. The lowest BCUT2D eigenvalue weighted by atomic mass is 9.89. The van der Waals surface area contributed by atoms with Crippen molar-refractivity contribution in [2.75, 3.05) is 24.5 Å². The van der Waals surface area contributed by atoms with E-state index in [1.807, 2.05) is 11.6 Å². The van der Waals surface area contributed by atoms with Crippen molar-refractivity contribution >= 4 is 16.5 Å². The molecule has 1 aromatic rings. The Balaban J connectivity index is 1.72. The van der Waals surface area contributed by atoms with Crippen molar-refractivity contribution in [2.24, 2.45) is 5.41 Å². The highest BCUT2D eigenvalue weighted by atomic mass is 32.1. The Morgan fingerprint density at radius 1 is 1.47 bits per heavy atom. The van der Waals surface area contributed by atoms with Crippen LogP contribution in [-0.4, -0.2) is 41.9 Å². The minimum atomic E-state index is -0.288. The molecule has 108 valence electrons. The Bertz CT molecular complexity index is 367. The third-order valence-electron chi connectivity index (χ3n) is 3.78. The number of anilines is 1. The van der Waals surface area contributed by atoms with Gasteiger partial charge < -0.3 is 15.3 Å². The van der Waals surface area contributed by atoms with Crippen LogP contribution in [0.2, 0.25) is 0 Å². The van der Waals surface area contributed by atoms with Gasteiger partial charge in [-0.2, -0.15) is 0 Å². The highest BCUT2D eigenvalue weighted by Gasteiger charge is 2.25. The van der Waals surface area contributed by atoms with Gasteiger partial charge >= 0.3 is 0 Å². The maximum absolute atomic E-state index is 10.0. The number of aliphatic hydroxyl groups excluding tert-OH is 1. The summed E-state index contributed by atoms with van der Waals surface area (Å²) in [6.07, 6.45) is 3.82. The lowest BCUT2D eigenvalue weighted by Gasteiger charge is -2.34. The smallest absolute Gasteiger partial charge is 0.185 e. The molecule has 2 N–H and O–H groups in total. The molecule has 19 heavy (non-hydrogen) atoms. The zero-order valence-corrected chi connectivity index (χ0v) is 12.9. The summed E-state index contributed by atoms with van der Waals surface area (Å²) in [7, 11) is 0. The molecular weight excluding hydrogens is 258 g/mol. The second-order valence-corrected chi connectivity index (χ2v) is 7.24. The molecule has 0 unspecified atom stereocenters. The van der Waals surface area contributed by atoms with E-state index in [0.717, 1.165) is 31.1 Å². The zero-order chi connectivity index (χ0) is 13.9. The number of nitrogens with one attached hydrogen (secondary N) is 1. The third-order valence-corrected chi connectivity index (χ3v) is 4.62. The van der Waals surface area contributed by atoms with E-state index in [-0.39, 0.29) is 11.5 Å². The van der Waals surface area contributed by atoms with Gasteiger partial charge in [0.25, 0.3) is 0 Å². The van der Waals surface area contributed by atoms with Crippen molar-refractivity contribution in [2.45, 2.75) is 45.8 Å². The molecule has 0 bridgehead atoms. The van der Waals surface area contributed by atoms with Gasteiger partial charge in [-0.1, -0.05) is 20.8 Å². The van der Waals surface area contributed by atoms with Gasteiger partial charge in [-0.05, 0) is 18.3 Å². The number of rotatable bonds is 4. The highest BCUT2D eigenvalue weighted by Crippen LogP contribution is 2.22. The van der Waals surface area contributed by atoms with E-state index >= 15 is 0 Å². The van der Waals surface area contributed by atoms with E-state index in [4.69, 9.17) is 0 Å². The van der Waals surface area contributed by atoms with Gasteiger partial charge in [0.05, 0.1) is 6.10 Å². The van der Waals surface area contributed by atoms with Gasteiger partial charge in [0.15, 0.2) is 5.13 Å². The minimum Gasteiger partial charge on any atom is -0.391 e. The van der Waals surface area contributed by atoms with E-state index in [1.165, 1.54) is 0 Å². The van der Waals surface area contributed by atoms with Crippen LogP contribution in [0.25, 0.3) is 0 Å². The van der Waals surface area contributed by atoms with Crippen LogP contribution < -0.4 is 10.2 Å². The molecule has 2 heterocycles. The number of nitrogens with zero attached hydrogens (tertiary/aromatic N) is 2. The second kappa shape index (κ2) is 6.20. The zero-order valence-electron chi connectivity index (χ0n) is 12.1. The van der Waals surface area contributed by atoms with Crippen molar-refractivity contribution in [1.29, 1.82) is 0 Å². The molecule has 0 aliphatic carbocycles. The van der Waals surface area contributed by atoms with Crippen LogP contribution in [0.15, 0.2) is 11.6 Å². The minimum absolute atomic E-state index is 0.0470. The first-order chi connectivity index (χ1) is 8.97. The fraction of sp³-hybridized carbons (Fsp3) is 0.786. The summed E-state index contributed by atoms with van der Waals surface area (Å²) in [5.74, 6) is 0. The van der Waals surface area contributed by atoms with Gasteiger partial charge in [-0.15, -0.1) is 11.3 Å². The van der Waals surface area contributed by atoms with Crippen LogP contribution in [0.4, 0.5) is 5.13 Å². The second-order valence-electron chi connectivity index (χ2n) is 6.37. The molecule has 1 aromatic heterocycles. The van der Waals surface area contributed by atoms with Crippen molar-refractivity contribution in [3.8, 4) is 0 Å². The van der Waals surface area contributed by atoms with E-state index in [2.05, 4.69) is 36.0 Å². The summed E-state index contributed by atoms with van der Waals surface area (Å²) in [4.78, 5) is 6.71. The quantitative estimate of drug-likeness (QED) is 0.888. The lowest BCUT2D eigenvalue weighted by molar-refractivity contribution is 0.0596. The number of hydrogen-bond acceptors (Lipinski definition) is 5. The number of piperidine rings is 1. The lowest BCUT2D eigenvalue weighted by Crippen LogP contribution is -2.46.